The third kappa shape index (κ3) is 4.12. The Morgan fingerprint density at radius 2 is 2.04 bits per heavy atom. The molecular weight excluding hydrogens is 332 g/mol. The summed E-state index contributed by atoms with van der Waals surface area (Å²) < 4.78 is 2.03. The van der Waals surface area contributed by atoms with Crippen LogP contribution in [0.2, 0.25) is 0 Å². The number of thioether (sulfide) groups is 1. The number of fused-ring (bicyclic) bond motifs is 3. The third-order valence-electron chi connectivity index (χ3n) is 4.26. The van der Waals surface area contributed by atoms with Crippen LogP contribution in [0.1, 0.15) is 38.2 Å². The molecule has 0 fully saturated rings. The number of benzene rings is 1. The minimum atomic E-state index is 0.0506. The smallest absolute Gasteiger partial charge is 0.230 e. The molecule has 1 amide bonds. The van der Waals surface area contributed by atoms with Gasteiger partial charge >= 0.3 is 0 Å². The van der Waals surface area contributed by atoms with Gasteiger partial charge in [-0.25, -0.2) is 0 Å². The second kappa shape index (κ2) is 8.34. The van der Waals surface area contributed by atoms with Gasteiger partial charge in [0.15, 0.2) is 10.8 Å². The zero-order valence-corrected chi connectivity index (χ0v) is 15.6. The van der Waals surface area contributed by atoms with E-state index < -0.39 is 0 Å². The van der Waals surface area contributed by atoms with E-state index in [-0.39, 0.29) is 5.91 Å². The van der Waals surface area contributed by atoms with Crippen molar-refractivity contribution in [2.24, 2.45) is 0 Å². The van der Waals surface area contributed by atoms with Gasteiger partial charge in [0.1, 0.15) is 0 Å². The lowest BCUT2D eigenvalue weighted by molar-refractivity contribution is -0.118. The van der Waals surface area contributed by atoms with Crippen LogP contribution in [0.5, 0.6) is 0 Å². The molecule has 0 saturated carbocycles. The number of hydrogen-bond donors (Lipinski definition) is 1. The second-order valence-corrected chi connectivity index (χ2v) is 7.16. The fraction of sp³-hybridized carbons (Fsp3) is 0.421. The Kier molecular flexibility index (Phi) is 5.91. The van der Waals surface area contributed by atoms with E-state index >= 15 is 0 Å². The van der Waals surface area contributed by atoms with E-state index in [9.17, 15) is 4.79 Å². The Balaban J connectivity index is 1.68. The predicted molar refractivity (Wildman–Crippen MR) is 103 cm³/mol. The lowest BCUT2D eigenvalue weighted by Gasteiger charge is -2.07. The summed E-state index contributed by atoms with van der Waals surface area (Å²) in [6, 6.07) is 10.2. The number of hydrogen-bond acceptors (Lipinski definition) is 4. The van der Waals surface area contributed by atoms with Crippen molar-refractivity contribution in [3.05, 3.63) is 35.9 Å². The minimum absolute atomic E-state index is 0.0506. The fourth-order valence-electron chi connectivity index (χ4n) is 2.93. The monoisotopic (exact) mass is 356 g/mol. The maximum absolute atomic E-state index is 12.0. The van der Waals surface area contributed by atoms with Crippen molar-refractivity contribution in [2.45, 2.75) is 44.7 Å². The maximum atomic E-state index is 12.0. The molecule has 0 radical (unpaired) electrons. The van der Waals surface area contributed by atoms with E-state index in [1.54, 1.807) is 0 Å². The van der Waals surface area contributed by atoms with Gasteiger partial charge in [0.2, 0.25) is 5.91 Å². The minimum Gasteiger partial charge on any atom is -0.355 e. The van der Waals surface area contributed by atoms with Crippen LogP contribution in [0.15, 0.2) is 35.5 Å². The first-order chi connectivity index (χ1) is 12.2. The number of carbonyl (C=O) groups is 1. The van der Waals surface area contributed by atoms with E-state index in [1.807, 2.05) is 22.6 Å². The number of pyridine rings is 1. The molecule has 132 valence electrons. The first-order valence-electron chi connectivity index (χ1n) is 8.83. The van der Waals surface area contributed by atoms with Gasteiger partial charge in [0, 0.05) is 11.9 Å². The molecule has 0 bridgehead atoms. The van der Waals surface area contributed by atoms with Crippen LogP contribution in [0.4, 0.5) is 0 Å². The van der Waals surface area contributed by atoms with Crippen LogP contribution in [0, 0.1) is 6.92 Å². The van der Waals surface area contributed by atoms with Gasteiger partial charge in [-0.1, -0.05) is 56.1 Å². The van der Waals surface area contributed by atoms with Gasteiger partial charge in [-0.15, -0.1) is 10.2 Å². The highest BCUT2D eigenvalue weighted by atomic mass is 32.2. The van der Waals surface area contributed by atoms with Gasteiger partial charge in [0.05, 0.1) is 11.3 Å². The average Bonchev–Trinajstić information content (AvgIpc) is 3.03. The standard InChI is InChI=1S/C19H24N4OS/c1-3-4-5-8-11-20-18(24)13-25-19-22-21-17-12-14(2)15-9-6-7-10-16(15)23(17)19/h6-7,9-10,12H,3-5,8,11,13H2,1-2H3,(H,20,24). The summed E-state index contributed by atoms with van der Waals surface area (Å²) in [5.74, 6) is 0.409. The van der Waals surface area contributed by atoms with Crippen LogP contribution < -0.4 is 5.32 Å². The first kappa shape index (κ1) is 17.7. The number of aromatic nitrogens is 3. The van der Waals surface area contributed by atoms with Gasteiger partial charge < -0.3 is 5.32 Å². The molecule has 0 aliphatic rings. The molecule has 0 aliphatic heterocycles. The quantitative estimate of drug-likeness (QED) is 0.490. The Morgan fingerprint density at radius 1 is 1.20 bits per heavy atom. The van der Waals surface area contributed by atoms with Gasteiger partial charge in [-0.2, -0.15) is 0 Å². The van der Waals surface area contributed by atoms with Crippen LogP contribution in [-0.2, 0) is 4.79 Å². The Labute approximate surface area is 152 Å². The van der Waals surface area contributed by atoms with Crippen LogP contribution in [0.3, 0.4) is 0 Å². The molecule has 2 heterocycles. The number of nitrogens with one attached hydrogen (secondary N) is 1. The number of nitrogens with zero attached hydrogens (tertiary/aromatic N) is 3. The molecule has 25 heavy (non-hydrogen) atoms. The van der Waals surface area contributed by atoms with Crippen LogP contribution in [-0.4, -0.2) is 32.8 Å². The van der Waals surface area contributed by atoms with Crippen molar-refractivity contribution in [3.63, 3.8) is 0 Å². The molecule has 0 unspecified atom stereocenters. The number of carbonyl (C=O) groups excluding carboxylic acids is 1. The van der Waals surface area contributed by atoms with E-state index in [2.05, 4.69) is 41.5 Å². The van der Waals surface area contributed by atoms with Crippen LogP contribution in [0.25, 0.3) is 16.6 Å². The fourth-order valence-corrected chi connectivity index (χ4v) is 3.71. The summed E-state index contributed by atoms with van der Waals surface area (Å²) in [6.07, 6.45) is 4.64. The predicted octanol–water partition coefficient (Wildman–Crippen LogP) is 3.98. The average molecular weight is 356 g/mol. The summed E-state index contributed by atoms with van der Waals surface area (Å²) in [6.45, 7) is 5.02. The Morgan fingerprint density at radius 3 is 2.88 bits per heavy atom. The summed E-state index contributed by atoms with van der Waals surface area (Å²) in [5, 5.41) is 13.5. The highest BCUT2D eigenvalue weighted by Crippen LogP contribution is 2.25. The molecule has 3 rings (SSSR count). The van der Waals surface area contributed by atoms with Crippen molar-refractivity contribution in [2.75, 3.05) is 12.3 Å². The van der Waals surface area contributed by atoms with Gasteiger partial charge in [-0.05, 0) is 31.0 Å². The van der Waals surface area contributed by atoms with Crippen LogP contribution >= 0.6 is 11.8 Å². The van der Waals surface area contributed by atoms with Gasteiger partial charge in [-0.3, -0.25) is 9.20 Å². The molecule has 0 saturated heterocycles. The molecule has 6 heteroatoms. The van der Waals surface area contributed by atoms with Crippen molar-refractivity contribution in [3.8, 4) is 0 Å². The lowest BCUT2D eigenvalue weighted by Crippen LogP contribution is -2.26. The zero-order chi connectivity index (χ0) is 17.6. The molecule has 5 nitrogen and oxygen atoms in total. The van der Waals surface area contributed by atoms with Crippen molar-refractivity contribution in [1.82, 2.24) is 19.9 Å². The molecular formula is C19H24N4OS. The zero-order valence-electron chi connectivity index (χ0n) is 14.8. The summed E-state index contributed by atoms with van der Waals surface area (Å²) in [4.78, 5) is 12.0. The maximum Gasteiger partial charge on any atom is 0.230 e. The molecule has 1 aromatic carbocycles. The number of rotatable bonds is 8. The third-order valence-corrected chi connectivity index (χ3v) is 5.19. The molecule has 0 atom stereocenters. The topological polar surface area (TPSA) is 59.3 Å². The van der Waals surface area contributed by atoms with E-state index in [1.165, 1.54) is 42.0 Å². The number of amides is 1. The molecule has 1 N–H and O–H groups in total. The first-order valence-corrected chi connectivity index (χ1v) is 9.82. The van der Waals surface area contributed by atoms with E-state index in [4.69, 9.17) is 0 Å². The molecule has 2 aromatic heterocycles. The number of para-hydroxylation sites is 1. The second-order valence-electron chi connectivity index (χ2n) is 6.22. The summed E-state index contributed by atoms with van der Waals surface area (Å²) >= 11 is 1.43. The highest BCUT2D eigenvalue weighted by molar-refractivity contribution is 7.99. The Hall–Kier alpha value is -2.08. The van der Waals surface area contributed by atoms with E-state index in [0.717, 1.165) is 29.3 Å². The van der Waals surface area contributed by atoms with Gasteiger partial charge in [0.25, 0.3) is 0 Å². The molecule has 0 spiro atoms. The van der Waals surface area contributed by atoms with Crippen molar-refractivity contribution >= 4 is 34.2 Å². The number of aryl methyl sites for hydroxylation is 1. The summed E-state index contributed by atoms with van der Waals surface area (Å²) in [7, 11) is 0. The normalized spacial score (nSPS) is 11.3. The lowest BCUT2D eigenvalue weighted by atomic mass is 10.1. The van der Waals surface area contributed by atoms with E-state index in [0.29, 0.717) is 5.75 Å². The Bertz CT molecular complexity index is 874. The van der Waals surface area contributed by atoms with Crippen molar-refractivity contribution in [1.29, 1.82) is 0 Å². The number of unbranched alkanes of at least 4 members (excludes halogenated alkanes) is 3. The molecule has 3 aromatic rings. The largest absolute Gasteiger partial charge is 0.355 e. The summed E-state index contributed by atoms with van der Waals surface area (Å²) in [5.41, 5.74) is 3.07. The SMILES string of the molecule is CCCCCCNC(=O)CSc1nnc2cc(C)c3ccccc3n12. The van der Waals surface area contributed by atoms with Crippen molar-refractivity contribution < 1.29 is 4.79 Å². The molecule has 0 aliphatic carbocycles. The highest BCUT2D eigenvalue weighted by Gasteiger charge is 2.12.